The Morgan fingerprint density at radius 3 is 2.10 bits per heavy atom. The molecule has 258 valence electrons. The van der Waals surface area contributed by atoms with E-state index in [2.05, 4.69) is 71.0 Å². The SMILES string of the molecule is CCC(CC1CC2CC1CC2c1cc(C)cc(C(C)CCC2CC3CC(c4cc(O)c(C)cc4C)C2C3)c1O)c1cc(C)cc(C)c1O. The van der Waals surface area contributed by atoms with E-state index in [1.54, 1.807) is 0 Å². The lowest BCUT2D eigenvalue weighted by Crippen LogP contribution is -2.20. The monoisotopic (exact) mass is 648 g/mol. The van der Waals surface area contributed by atoms with E-state index in [1.165, 1.54) is 78.3 Å². The van der Waals surface area contributed by atoms with Gasteiger partial charge in [-0.05, 0) is 203 Å². The Labute approximate surface area is 290 Å². The Bertz CT molecular complexity index is 1670. The van der Waals surface area contributed by atoms with Gasteiger partial charge in [0, 0.05) is 0 Å². The number of rotatable bonds is 10. The van der Waals surface area contributed by atoms with E-state index < -0.39 is 0 Å². The highest BCUT2D eigenvalue weighted by molar-refractivity contribution is 5.49. The fourth-order valence-corrected chi connectivity index (χ4v) is 11.8. The van der Waals surface area contributed by atoms with Crippen molar-refractivity contribution in [3.63, 3.8) is 0 Å². The molecule has 10 atom stereocenters. The lowest BCUT2D eigenvalue weighted by Gasteiger charge is -2.33. The first kappa shape index (κ1) is 33.6. The Morgan fingerprint density at radius 2 is 1.40 bits per heavy atom. The Balaban J connectivity index is 1.01. The molecule has 0 amide bonds. The van der Waals surface area contributed by atoms with Crippen LogP contribution in [0.25, 0.3) is 0 Å². The molecule has 0 radical (unpaired) electrons. The second kappa shape index (κ2) is 13.1. The fourth-order valence-electron chi connectivity index (χ4n) is 11.8. The zero-order valence-electron chi connectivity index (χ0n) is 30.7. The summed E-state index contributed by atoms with van der Waals surface area (Å²) in [6, 6.07) is 13.1. The predicted molar refractivity (Wildman–Crippen MR) is 197 cm³/mol. The van der Waals surface area contributed by atoms with Gasteiger partial charge in [-0.3, -0.25) is 0 Å². The molecule has 0 aromatic heterocycles. The van der Waals surface area contributed by atoms with Gasteiger partial charge < -0.3 is 15.3 Å². The van der Waals surface area contributed by atoms with Crippen molar-refractivity contribution in [2.24, 2.45) is 35.5 Å². The maximum Gasteiger partial charge on any atom is 0.122 e. The molecule has 3 N–H and O–H groups in total. The lowest BCUT2D eigenvalue weighted by atomic mass is 9.72. The predicted octanol–water partition coefficient (Wildman–Crippen LogP) is 11.8. The largest absolute Gasteiger partial charge is 0.508 e. The average molecular weight is 649 g/mol. The summed E-state index contributed by atoms with van der Waals surface area (Å²) in [5.41, 5.74) is 10.8. The highest BCUT2D eigenvalue weighted by atomic mass is 16.3. The molecule has 0 aliphatic heterocycles. The number of aryl methyl sites for hydroxylation is 5. The number of benzene rings is 3. The van der Waals surface area contributed by atoms with E-state index in [4.69, 9.17) is 0 Å². The number of hydrogen-bond donors (Lipinski definition) is 3. The molecule has 4 fully saturated rings. The molecule has 0 spiro atoms. The van der Waals surface area contributed by atoms with Crippen molar-refractivity contribution in [2.75, 3.05) is 0 Å². The summed E-state index contributed by atoms with van der Waals surface area (Å²) < 4.78 is 0. The third-order valence-corrected chi connectivity index (χ3v) is 14.1. The summed E-state index contributed by atoms with van der Waals surface area (Å²) in [5.74, 6) is 7.69. The van der Waals surface area contributed by atoms with Crippen LogP contribution in [0.1, 0.15) is 152 Å². The van der Waals surface area contributed by atoms with Crippen LogP contribution in [0.5, 0.6) is 17.2 Å². The third kappa shape index (κ3) is 6.07. The van der Waals surface area contributed by atoms with Crippen molar-refractivity contribution in [2.45, 2.75) is 136 Å². The van der Waals surface area contributed by atoms with Gasteiger partial charge in [-0.1, -0.05) is 55.3 Å². The van der Waals surface area contributed by atoms with Crippen LogP contribution in [0.4, 0.5) is 0 Å². The van der Waals surface area contributed by atoms with Crippen LogP contribution in [0.3, 0.4) is 0 Å². The number of phenolic OH excluding ortho intramolecular Hbond substituents is 3. The molecule has 4 saturated carbocycles. The van der Waals surface area contributed by atoms with Crippen molar-refractivity contribution in [1.82, 2.24) is 0 Å². The van der Waals surface area contributed by atoms with E-state index in [0.29, 0.717) is 58.7 Å². The molecule has 4 aliphatic carbocycles. The van der Waals surface area contributed by atoms with Crippen molar-refractivity contribution >= 4 is 0 Å². The molecule has 0 heterocycles. The minimum absolute atomic E-state index is 0.341. The second-order valence-corrected chi connectivity index (χ2v) is 17.3. The molecule has 3 aromatic rings. The molecular formula is C45H60O3. The fraction of sp³-hybridized carbons (Fsp3) is 0.600. The van der Waals surface area contributed by atoms with E-state index in [9.17, 15) is 15.3 Å². The topological polar surface area (TPSA) is 60.7 Å². The first-order chi connectivity index (χ1) is 22.9. The molecule has 4 bridgehead atoms. The number of hydrogen-bond acceptors (Lipinski definition) is 3. The van der Waals surface area contributed by atoms with E-state index in [-0.39, 0.29) is 0 Å². The molecule has 4 aliphatic rings. The van der Waals surface area contributed by atoms with Gasteiger partial charge in [0.25, 0.3) is 0 Å². The highest BCUT2D eigenvalue weighted by Gasteiger charge is 2.48. The minimum Gasteiger partial charge on any atom is -0.508 e. The summed E-state index contributed by atoms with van der Waals surface area (Å²) in [7, 11) is 0. The molecule has 7 rings (SSSR count). The highest BCUT2D eigenvalue weighted by Crippen LogP contribution is 2.61. The average Bonchev–Trinajstić information content (AvgIpc) is 3.84. The van der Waals surface area contributed by atoms with Crippen LogP contribution < -0.4 is 0 Å². The summed E-state index contributed by atoms with van der Waals surface area (Å²) in [6.07, 6.45) is 12.3. The summed E-state index contributed by atoms with van der Waals surface area (Å²) in [6.45, 7) is 15.2. The first-order valence-corrected chi connectivity index (χ1v) is 19.3. The van der Waals surface area contributed by atoms with Crippen LogP contribution in [-0.2, 0) is 0 Å². The standard InChI is InChI=1S/C45H60O3/c1-8-31(40-13-24(2)11-29(7)44(40)47)19-33-20-35-21-34(33)22-39(35)42-14-25(3)12-37(45(42)48)26(4)9-10-32-16-30-17-38(32)41(18-30)36-23-43(46)28(6)15-27(36)5/h11-15,23,26,30-35,38-39,41,46-48H,8-10,16-22H2,1-7H3. The maximum atomic E-state index is 11.9. The minimum atomic E-state index is 0.341. The van der Waals surface area contributed by atoms with E-state index in [1.807, 2.05) is 13.8 Å². The van der Waals surface area contributed by atoms with Gasteiger partial charge >= 0.3 is 0 Å². The Kier molecular flexibility index (Phi) is 9.14. The zero-order valence-corrected chi connectivity index (χ0v) is 30.7. The van der Waals surface area contributed by atoms with Crippen LogP contribution in [-0.4, -0.2) is 15.3 Å². The number of phenols is 3. The van der Waals surface area contributed by atoms with Crippen LogP contribution in [0.15, 0.2) is 36.4 Å². The van der Waals surface area contributed by atoms with Gasteiger partial charge in [0.2, 0.25) is 0 Å². The molecule has 3 nitrogen and oxygen atoms in total. The van der Waals surface area contributed by atoms with Crippen molar-refractivity contribution in [3.05, 3.63) is 86.5 Å². The Morgan fingerprint density at radius 1 is 0.646 bits per heavy atom. The maximum absolute atomic E-state index is 11.9. The molecule has 3 heteroatoms. The van der Waals surface area contributed by atoms with E-state index in [0.717, 1.165) is 53.7 Å². The normalized spacial score (nSPS) is 30.3. The van der Waals surface area contributed by atoms with Crippen molar-refractivity contribution in [3.8, 4) is 17.2 Å². The quantitative estimate of drug-likeness (QED) is 0.205. The molecule has 48 heavy (non-hydrogen) atoms. The summed E-state index contributed by atoms with van der Waals surface area (Å²) in [4.78, 5) is 0. The van der Waals surface area contributed by atoms with Crippen LogP contribution in [0, 0.1) is 70.1 Å². The Hall–Kier alpha value is -2.94. The van der Waals surface area contributed by atoms with Gasteiger partial charge in [0.15, 0.2) is 0 Å². The third-order valence-electron chi connectivity index (χ3n) is 14.1. The molecule has 10 unspecified atom stereocenters. The summed E-state index contributed by atoms with van der Waals surface area (Å²) >= 11 is 0. The van der Waals surface area contributed by atoms with Gasteiger partial charge in [0.1, 0.15) is 17.2 Å². The molecular weight excluding hydrogens is 588 g/mol. The van der Waals surface area contributed by atoms with Gasteiger partial charge in [0.05, 0.1) is 0 Å². The number of fused-ring (bicyclic) bond motifs is 4. The van der Waals surface area contributed by atoms with Crippen LogP contribution in [0.2, 0.25) is 0 Å². The van der Waals surface area contributed by atoms with Crippen LogP contribution >= 0.6 is 0 Å². The van der Waals surface area contributed by atoms with E-state index >= 15 is 0 Å². The smallest absolute Gasteiger partial charge is 0.122 e. The molecule has 0 saturated heterocycles. The number of aromatic hydroxyl groups is 3. The summed E-state index contributed by atoms with van der Waals surface area (Å²) in [5, 5.41) is 33.3. The zero-order chi connectivity index (χ0) is 34.0. The first-order valence-electron chi connectivity index (χ1n) is 19.3. The van der Waals surface area contributed by atoms with Gasteiger partial charge in [-0.15, -0.1) is 0 Å². The van der Waals surface area contributed by atoms with Crippen molar-refractivity contribution < 1.29 is 15.3 Å². The van der Waals surface area contributed by atoms with Gasteiger partial charge in [-0.2, -0.15) is 0 Å². The van der Waals surface area contributed by atoms with Crippen molar-refractivity contribution in [1.29, 1.82) is 0 Å². The van der Waals surface area contributed by atoms with Gasteiger partial charge in [-0.25, -0.2) is 0 Å². The lowest BCUT2D eigenvalue weighted by molar-refractivity contribution is 0.265. The molecule has 3 aromatic carbocycles. The second-order valence-electron chi connectivity index (χ2n) is 17.3.